The Bertz CT molecular complexity index is 707. The molecule has 0 saturated heterocycles. The number of benzene rings is 1. The smallest absolute Gasteiger partial charge is 0.279 e. The van der Waals surface area contributed by atoms with Crippen LogP contribution in [-0.4, -0.2) is 25.7 Å². The molecule has 1 aromatic heterocycles. The Labute approximate surface area is 125 Å². The monoisotopic (exact) mass is 308 g/mol. The first-order valence-corrected chi connectivity index (χ1v) is 8.22. The lowest BCUT2D eigenvalue weighted by molar-refractivity contribution is 0.595. The molecule has 0 unspecified atom stereocenters. The fourth-order valence-electron chi connectivity index (χ4n) is 2.14. The van der Waals surface area contributed by atoms with Gasteiger partial charge in [0.25, 0.3) is 10.0 Å². The topological polar surface area (TPSA) is 86.9 Å². The van der Waals surface area contributed by atoms with E-state index in [0.717, 1.165) is 5.56 Å². The first-order chi connectivity index (χ1) is 9.95. The molecule has 0 fully saturated rings. The second-order valence-electron chi connectivity index (χ2n) is 5.10. The number of nitrogens with zero attached hydrogens (tertiary/aromatic N) is 1. The van der Waals surface area contributed by atoms with Gasteiger partial charge in [-0.3, -0.25) is 9.82 Å². The van der Waals surface area contributed by atoms with Crippen LogP contribution in [-0.2, 0) is 16.6 Å². The molecule has 0 atom stereocenters. The minimum atomic E-state index is -3.69. The molecule has 1 aromatic carbocycles. The third kappa shape index (κ3) is 3.43. The van der Waals surface area contributed by atoms with Gasteiger partial charge in [0.05, 0.1) is 11.9 Å². The molecule has 0 aliphatic heterocycles. The van der Waals surface area contributed by atoms with E-state index in [1.807, 2.05) is 32.0 Å². The van der Waals surface area contributed by atoms with Crippen LogP contribution in [0.2, 0.25) is 0 Å². The predicted octanol–water partition coefficient (Wildman–Crippen LogP) is 2.05. The lowest BCUT2D eigenvalue weighted by Gasteiger charge is -2.14. The van der Waals surface area contributed by atoms with Crippen LogP contribution in [0.25, 0.3) is 0 Å². The van der Waals surface area contributed by atoms with Crippen LogP contribution in [0.1, 0.15) is 30.9 Å². The molecular weight excluding hydrogens is 288 g/mol. The summed E-state index contributed by atoms with van der Waals surface area (Å²) in [5.41, 5.74) is 2.15. The van der Waals surface area contributed by atoms with Gasteiger partial charge in [0.2, 0.25) is 0 Å². The summed E-state index contributed by atoms with van der Waals surface area (Å²) >= 11 is 0. The van der Waals surface area contributed by atoms with E-state index in [2.05, 4.69) is 20.2 Å². The van der Waals surface area contributed by atoms with Crippen LogP contribution in [0.15, 0.2) is 35.5 Å². The van der Waals surface area contributed by atoms with Crippen molar-refractivity contribution in [1.82, 2.24) is 15.5 Å². The van der Waals surface area contributed by atoms with Crippen molar-refractivity contribution in [3.8, 4) is 0 Å². The molecular formula is C14H20N4O2S. The first-order valence-electron chi connectivity index (χ1n) is 6.74. The maximum Gasteiger partial charge on any atom is 0.279 e. The Kier molecular flexibility index (Phi) is 4.64. The van der Waals surface area contributed by atoms with Gasteiger partial charge in [0.15, 0.2) is 5.03 Å². The van der Waals surface area contributed by atoms with Gasteiger partial charge in [-0.2, -0.15) is 13.5 Å². The summed E-state index contributed by atoms with van der Waals surface area (Å²) in [6.07, 6.45) is 1.51. The Hall–Kier alpha value is -1.86. The van der Waals surface area contributed by atoms with Crippen LogP contribution in [0.4, 0.5) is 5.69 Å². The summed E-state index contributed by atoms with van der Waals surface area (Å²) in [5, 5.41) is 9.40. The SMILES string of the molecule is CNCc1cn[nH]c1S(=O)(=O)Nc1ccccc1C(C)C. The number of rotatable bonds is 6. The molecule has 0 spiro atoms. The van der Waals surface area contributed by atoms with Gasteiger partial charge in [0, 0.05) is 12.1 Å². The van der Waals surface area contributed by atoms with Gasteiger partial charge in [-0.15, -0.1) is 0 Å². The Balaban J connectivity index is 2.36. The molecule has 0 aliphatic carbocycles. The number of nitrogens with one attached hydrogen (secondary N) is 3. The highest BCUT2D eigenvalue weighted by atomic mass is 32.2. The largest absolute Gasteiger partial charge is 0.316 e. The van der Waals surface area contributed by atoms with Gasteiger partial charge in [0.1, 0.15) is 0 Å². The van der Waals surface area contributed by atoms with Crippen molar-refractivity contribution in [3.05, 3.63) is 41.6 Å². The molecule has 3 N–H and O–H groups in total. The molecule has 0 amide bonds. The van der Waals surface area contributed by atoms with Crippen molar-refractivity contribution in [1.29, 1.82) is 0 Å². The Morgan fingerprint density at radius 1 is 1.29 bits per heavy atom. The lowest BCUT2D eigenvalue weighted by atomic mass is 10.0. The van der Waals surface area contributed by atoms with E-state index >= 15 is 0 Å². The van der Waals surface area contributed by atoms with Crippen LogP contribution in [0, 0.1) is 0 Å². The van der Waals surface area contributed by atoms with Crippen molar-refractivity contribution in [2.45, 2.75) is 31.3 Å². The van der Waals surface area contributed by atoms with Crippen molar-refractivity contribution < 1.29 is 8.42 Å². The van der Waals surface area contributed by atoms with Crippen LogP contribution in [0.3, 0.4) is 0 Å². The average molecular weight is 308 g/mol. The second kappa shape index (κ2) is 6.28. The fraction of sp³-hybridized carbons (Fsp3) is 0.357. The van der Waals surface area contributed by atoms with E-state index in [-0.39, 0.29) is 10.9 Å². The second-order valence-corrected chi connectivity index (χ2v) is 6.72. The number of para-hydroxylation sites is 1. The maximum absolute atomic E-state index is 12.5. The molecule has 0 bridgehead atoms. The van der Waals surface area contributed by atoms with E-state index < -0.39 is 10.0 Å². The predicted molar refractivity (Wildman–Crippen MR) is 82.7 cm³/mol. The maximum atomic E-state index is 12.5. The van der Waals surface area contributed by atoms with Gasteiger partial charge >= 0.3 is 0 Å². The molecule has 0 aliphatic rings. The molecule has 6 nitrogen and oxygen atoms in total. The van der Waals surface area contributed by atoms with Gasteiger partial charge in [-0.05, 0) is 24.6 Å². The first kappa shape index (κ1) is 15.5. The van der Waals surface area contributed by atoms with Crippen molar-refractivity contribution in [3.63, 3.8) is 0 Å². The molecule has 2 aromatic rings. The van der Waals surface area contributed by atoms with Crippen molar-refractivity contribution >= 4 is 15.7 Å². The van der Waals surface area contributed by atoms with E-state index in [0.29, 0.717) is 17.8 Å². The summed E-state index contributed by atoms with van der Waals surface area (Å²) in [5.74, 6) is 0.224. The van der Waals surface area contributed by atoms with Gasteiger partial charge < -0.3 is 5.32 Å². The van der Waals surface area contributed by atoms with Gasteiger partial charge in [-0.25, -0.2) is 0 Å². The third-order valence-electron chi connectivity index (χ3n) is 3.14. The molecule has 0 saturated carbocycles. The third-order valence-corrected chi connectivity index (χ3v) is 4.52. The van der Waals surface area contributed by atoms with Crippen LogP contribution < -0.4 is 10.0 Å². The molecule has 2 rings (SSSR count). The summed E-state index contributed by atoms with van der Waals surface area (Å²) in [6.45, 7) is 4.48. The molecule has 1 heterocycles. The average Bonchev–Trinajstić information content (AvgIpc) is 2.88. The number of aromatic amines is 1. The van der Waals surface area contributed by atoms with E-state index in [9.17, 15) is 8.42 Å². The summed E-state index contributed by atoms with van der Waals surface area (Å²) in [4.78, 5) is 0. The van der Waals surface area contributed by atoms with Gasteiger partial charge in [-0.1, -0.05) is 32.0 Å². The number of hydrogen-bond donors (Lipinski definition) is 3. The number of H-pyrrole nitrogens is 1. The van der Waals surface area contributed by atoms with Crippen molar-refractivity contribution in [2.75, 3.05) is 11.8 Å². The Morgan fingerprint density at radius 2 is 2.00 bits per heavy atom. The summed E-state index contributed by atoms with van der Waals surface area (Å²) in [6, 6.07) is 7.39. The number of anilines is 1. The quantitative estimate of drug-likeness (QED) is 0.762. The van der Waals surface area contributed by atoms with Crippen LogP contribution >= 0.6 is 0 Å². The Morgan fingerprint density at radius 3 is 2.67 bits per heavy atom. The summed E-state index contributed by atoms with van der Waals surface area (Å²) < 4.78 is 27.7. The summed E-state index contributed by atoms with van der Waals surface area (Å²) in [7, 11) is -1.93. The minimum Gasteiger partial charge on any atom is -0.316 e. The van der Waals surface area contributed by atoms with E-state index in [4.69, 9.17) is 0 Å². The van der Waals surface area contributed by atoms with E-state index in [1.165, 1.54) is 6.20 Å². The molecule has 7 heteroatoms. The normalized spacial score (nSPS) is 11.8. The zero-order chi connectivity index (χ0) is 15.5. The van der Waals surface area contributed by atoms with E-state index in [1.54, 1.807) is 13.1 Å². The zero-order valence-electron chi connectivity index (χ0n) is 12.3. The highest BCUT2D eigenvalue weighted by molar-refractivity contribution is 7.92. The highest BCUT2D eigenvalue weighted by Crippen LogP contribution is 2.26. The number of sulfonamides is 1. The standard InChI is InChI=1S/C14H20N4O2S/c1-10(2)12-6-4-5-7-13(12)18-21(19,20)14-11(8-15-3)9-16-17-14/h4-7,9-10,15,18H,8H2,1-3H3,(H,16,17). The molecule has 21 heavy (non-hydrogen) atoms. The lowest BCUT2D eigenvalue weighted by Crippen LogP contribution is -2.18. The minimum absolute atomic E-state index is 0.0930. The van der Waals surface area contributed by atoms with Crippen molar-refractivity contribution in [2.24, 2.45) is 0 Å². The molecule has 114 valence electrons. The number of aromatic nitrogens is 2. The fourth-order valence-corrected chi connectivity index (χ4v) is 3.36. The number of hydrogen-bond acceptors (Lipinski definition) is 4. The van der Waals surface area contributed by atoms with Crippen LogP contribution in [0.5, 0.6) is 0 Å². The molecule has 0 radical (unpaired) electrons. The zero-order valence-corrected chi connectivity index (χ0v) is 13.2. The highest BCUT2D eigenvalue weighted by Gasteiger charge is 2.22.